The van der Waals surface area contributed by atoms with Crippen LogP contribution in [0.4, 0.5) is 0 Å². The van der Waals surface area contributed by atoms with Gasteiger partial charge in [-0.1, -0.05) is 35.3 Å². The van der Waals surface area contributed by atoms with Crippen molar-refractivity contribution in [2.75, 3.05) is 6.54 Å². The Kier molecular flexibility index (Phi) is 4.15. The van der Waals surface area contributed by atoms with Crippen LogP contribution in [0.2, 0.25) is 10.0 Å². The van der Waals surface area contributed by atoms with Crippen LogP contribution in [0, 0.1) is 0 Å². The molecule has 1 aliphatic rings. The third kappa shape index (κ3) is 3.18. The second-order valence-electron chi connectivity index (χ2n) is 4.28. The number of aliphatic imine (C=N–C) groups is 1. The average molecular weight is 284 g/mol. The van der Waals surface area contributed by atoms with Gasteiger partial charge in [-0.05, 0) is 24.1 Å². The number of hydrogen-bond donors (Lipinski definition) is 2. The Balaban J connectivity index is 1.94. The number of benzene rings is 1. The number of nitrogens with two attached hydrogens (primary N) is 1. The van der Waals surface area contributed by atoms with E-state index in [1.54, 1.807) is 6.08 Å². The molecule has 0 aromatic heterocycles. The van der Waals surface area contributed by atoms with Gasteiger partial charge in [0, 0.05) is 12.0 Å². The molecular weight excluding hydrogens is 269 g/mol. The molecule has 1 aromatic carbocycles. The summed E-state index contributed by atoms with van der Waals surface area (Å²) in [6.07, 6.45) is 2.74. The highest BCUT2D eigenvalue weighted by atomic mass is 35.5. The van der Waals surface area contributed by atoms with Gasteiger partial charge in [-0.2, -0.15) is 0 Å². The van der Waals surface area contributed by atoms with Crippen LogP contribution < -0.4 is 11.1 Å². The van der Waals surface area contributed by atoms with E-state index in [4.69, 9.17) is 28.9 Å². The van der Waals surface area contributed by atoms with Crippen LogP contribution in [-0.4, -0.2) is 18.5 Å². The fourth-order valence-electron chi connectivity index (χ4n) is 1.86. The lowest BCUT2D eigenvalue weighted by Crippen LogP contribution is -2.34. The van der Waals surface area contributed by atoms with E-state index in [0.29, 0.717) is 34.5 Å². The maximum atomic E-state index is 6.00. The van der Waals surface area contributed by atoms with Crippen LogP contribution in [0.25, 0.3) is 0 Å². The molecular formula is C13H15Cl2N3. The van der Waals surface area contributed by atoms with E-state index in [9.17, 15) is 0 Å². The first-order valence-electron chi connectivity index (χ1n) is 5.74. The predicted octanol–water partition coefficient (Wildman–Crippen LogP) is 2.94. The first kappa shape index (κ1) is 13.2. The molecule has 0 amide bonds. The average Bonchev–Trinajstić information content (AvgIpc) is 3.09. The Bertz CT molecular complexity index is 485. The van der Waals surface area contributed by atoms with E-state index in [0.717, 1.165) is 6.42 Å². The van der Waals surface area contributed by atoms with Crippen molar-refractivity contribution in [1.82, 2.24) is 5.32 Å². The summed E-state index contributed by atoms with van der Waals surface area (Å²) in [5, 5.41) is 4.35. The lowest BCUT2D eigenvalue weighted by atomic mass is 10.1. The summed E-state index contributed by atoms with van der Waals surface area (Å²) < 4.78 is 0. The van der Waals surface area contributed by atoms with Crippen LogP contribution in [-0.2, 0) is 0 Å². The molecule has 1 fully saturated rings. The fourth-order valence-corrected chi connectivity index (χ4v) is 2.17. The third-order valence-corrected chi connectivity index (χ3v) is 3.63. The highest BCUT2D eigenvalue weighted by Crippen LogP contribution is 2.42. The molecule has 3 N–H and O–H groups in total. The van der Waals surface area contributed by atoms with Gasteiger partial charge in [-0.3, -0.25) is 0 Å². The highest BCUT2D eigenvalue weighted by Gasteiger charge is 2.38. The summed E-state index contributed by atoms with van der Waals surface area (Å²) in [7, 11) is 0. The standard InChI is InChI=1S/C13H15Cl2N3/c1-2-5-17-13(16)18-12-7-9(12)8-3-4-10(14)11(15)6-8/h2-4,6,9,12H,1,5,7H2,(H3,16,17,18)/t9-,12+/m0/s1. The van der Waals surface area contributed by atoms with Gasteiger partial charge in [0.05, 0.1) is 16.6 Å². The zero-order valence-electron chi connectivity index (χ0n) is 9.87. The fraction of sp³-hybridized carbons (Fsp3) is 0.308. The number of nitrogens with zero attached hydrogens (tertiary/aromatic N) is 1. The van der Waals surface area contributed by atoms with Crippen molar-refractivity contribution < 1.29 is 0 Å². The van der Waals surface area contributed by atoms with E-state index in [2.05, 4.69) is 16.9 Å². The molecule has 0 heterocycles. The predicted molar refractivity (Wildman–Crippen MR) is 77.4 cm³/mol. The number of halogens is 2. The van der Waals surface area contributed by atoms with Crippen molar-refractivity contribution in [3.05, 3.63) is 46.5 Å². The molecule has 2 rings (SSSR count). The third-order valence-electron chi connectivity index (χ3n) is 2.89. The van der Waals surface area contributed by atoms with Gasteiger partial charge >= 0.3 is 0 Å². The SMILES string of the molecule is C=CCN=C(N)N[C@@H]1C[C@H]1c1ccc(Cl)c(Cl)c1. The van der Waals surface area contributed by atoms with Crippen molar-refractivity contribution in [1.29, 1.82) is 0 Å². The molecule has 0 spiro atoms. The summed E-state index contributed by atoms with van der Waals surface area (Å²) in [6, 6.07) is 6.06. The van der Waals surface area contributed by atoms with Gasteiger partial charge in [-0.15, -0.1) is 6.58 Å². The highest BCUT2D eigenvalue weighted by molar-refractivity contribution is 6.42. The Morgan fingerprint density at radius 1 is 1.50 bits per heavy atom. The summed E-state index contributed by atoms with van der Waals surface area (Å²) in [5.41, 5.74) is 6.92. The van der Waals surface area contributed by atoms with Gasteiger partial charge in [0.1, 0.15) is 0 Å². The lowest BCUT2D eigenvalue weighted by Gasteiger charge is -2.05. The van der Waals surface area contributed by atoms with Crippen LogP contribution in [0.15, 0.2) is 35.8 Å². The zero-order valence-corrected chi connectivity index (χ0v) is 11.4. The minimum absolute atomic E-state index is 0.329. The maximum absolute atomic E-state index is 6.00. The molecule has 0 bridgehead atoms. The Morgan fingerprint density at radius 3 is 2.94 bits per heavy atom. The van der Waals surface area contributed by atoms with Crippen LogP contribution >= 0.6 is 23.2 Å². The summed E-state index contributed by atoms with van der Waals surface area (Å²) >= 11 is 11.9. The molecule has 1 aromatic rings. The Labute approximate surface area is 117 Å². The van der Waals surface area contributed by atoms with Crippen molar-refractivity contribution in [2.45, 2.75) is 18.4 Å². The summed E-state index contributed by atoms with van der Waals surface area (Å²) in [4.78, 5) is 4.10. The molecule has 3 nitrogen and oxygen atoms in total. The largest absolute Gasteiger partial charge is 0.370 e. The van der Waals surface area contributed by atoms with E-state index >= 15 is 0 Å². The molecule has 18 heavy (non-hydrogen) atoms. The second kappa shape index (κ2) is 5.63. The summed E-state index contributed by atoms with van der Waals surface area (Å²) in [5.74, 6) is 0.889. The van der Waals surface area contributed by atoms with E-state index < -0.39 is 0 Å². The maximum Gasteiger partial charge on any atom is 0.189 e. The monoisotopic (exact) mass is 283 g/mol. The topological polar surface area (TPSA) is 50.4 Å². The Morgan fingerprint density at radius 2 is 2.28 bits per heavy atom. The molecule has 96 valence electrons. The second-order valence-corrected chi connectivity index (χ2v) is 5.10. The number of rotatable bonds is 4. The van der Waals surface area contributed by atoms with E-state index in [1.807, 2.05) is 18.2 Å². The van der Waals surface area contributed by atoms with Crippen LogP contribution in [0.1, 0.15) is 17.9 Å². The van der Waals surface area contributed by atoms with Crippen molar-refractivity contribution in [3.63, 3.8) is 0 Å². The molecule has 5 heteroatoms. The number of hydrogen-bond acceptors (Lipinski definition) is 1. The molecule has 0 aliphatic heterocycles. The molecule has 2 atom stereocenters. The van der Waals surface area contributed by atoms with Gasteiger partial charge in [0.2, 0.25) is 0 Å². The smallest absolute Gasteiger partial charge is 0.189 e. The van der Waals surface area contributed by atoms with Gasteiger partial charge in [0.15, 0.2) is 5.96 Å². The molecule has 1 aliphatic carbocycles. The lowest BCUT2D eigenvalue weighted by molar-refractivity contribution is 0.854. The summed E-state index contributed by atoms with van der Waals surface area (Å²) in [6.45, 7) is 4.12. The normalized spacial score (nSPS) is 22.7. The first-order valence-corrected chi connectivity index (χ1v) is 6.49. The first-order chi connectivity index (χ1) is 8.61. The molecule has 0 radical (unpaired) electrons. The number of guanidine groups is 1. The van der Waals surface area contributed by atoms with Crippen LogP contribution in [0.3, 0.4) is 0 Å². The van der Waals surface area contributed by atoms with E-state index in [1.165, 1.54) is 5.56 Å². The van der Waals surface area contributed by atoms with Gasteiger partial charge in [-0.25, -0.2) is 4.99 Å². The van der Waals surface area contributed by atoms with Crippen molar-refractivity contribution >= 4 is 29.2 Å². The molecule has 0 saturated heterocycles. The number of nitrogens with one attached hydrogen (secondary N) is 1. The minimum Gasteiger partial charge on any atom is -0.370 e. The molecule has 0 unspecified atom stereocenters. The molecule has 1 saturated carbocycles. The van der Waals surface area contributed by atoms with Crippen molar-refractivity contribution in [3.8, 4) is 0 Å². The van der Waals surface area contributed by atoms with Crippen molar-refractivity contribution in [2.24, 2.45) is 10.7 Å². The Hall–Kier alpha value is -1.19. The quantitative estimate of drug-likeness (QED) is 0.507. The zero-order chi connectivity index (χ0) is 13.1. The minimum atomic E-state index is 0.329. The van der Waals surface area contributed by atoms with Gasteiger partial charge in [0.25, 0.3) is 0 Å². The van der Waals surface area contributed by atoms with Gasteiger partial charge < -0.3 is 11.1 Å². The van der Waals surface area contributed by atoms with E-state index in [-0.39, 0.29) is 0 Å². The van der Waals surface area contributed by atoms with Crippen LogP contribution in [0.5, 0.6) is 0 Å².